The van der Waals surface area contributed by atoms with Crippen molar-refractivity contribution in [2.24, 2.45) is 11.8 Å². The number of hydrogen-bond donors (Lipinski definition) is 0. The van der Waals surface area contributed by atoms with Crippen LogP contribution in [0.25, 0.3) is 0 Å². The molecule has 0 amide bonds. The fourth-order valence-corrected chi connectivity index (χ4v) is 3.33. The van der Waals surface area contributed by atoms with E-state index < -0.39 is 0 Å². The van der Waals surface area contributed by atoms with Crippen LogP contribution >= 0.6 is 0 Å². The zero-order chi connectivity index (χ0) is 10.5. The maximum absolute atomic E-state index is 11.1. The van der Waals surface area contributed by atoms with Crippen LogP contribution in [0.5, 0.6) is 0 Å². The van der Waals surface area contributed by atoms with Crippen LogP contribution < -0.4 is 0 Å². The third kappa shape index (κ3) is 2.72. The summed E-state index contributed by atoms with van der Waals surface area (Å²) in [6.45, 7) is 0. The average Bonchev–Trinajstić information content (AvgIpc) is 2.33. The molecule has 0 aromatic heterocycles. The minimum Gasteiger partial charge on any atom is -0.234 e. The summed E-state index contributed by atoms with van der Waals surface area (Å²) < 4.78 is 0. The van der Waals surface area contributed by atoms with Crippen LogP contribution in [0.2, 0.25) is 0 Å². The van der Waals surface area contributed by atoms with Crippen LogP contribution in [0.1, 0.15) is 64.2 Å². The minimum atomic E-state index is 0.597. The molecule has 0 radical (unpaired) electrons. The number of hydrogen-bond acceptors (Lipinski definition) is 1. The normalized spacial score (nSPS) is 24.8. The van der Waals surface area contributed by atoms with Gasteiger partial charge in [0.1, 0.15) is 5.94 Å². The highest BCUT2D eigenvalue weighted by Crippen LogP contribution is 2.37. The van der Waals surface area contributed by atoms with Crippen LogP contribution in [0, 0.1) is 11.8 Å². The third-order valence-electron chi connectivity index (χ3n) is 4.21. The first-order valence-corrected chi connectivity index (χ1v) is 6.66. The van der Waals surface area contributed by atoms with Crippen molar-refractivity contribution in [2.75, 3.05) is 0 Å². The highest BCUT2D eigenvalue weighted by Gasteiger charge is 2.26. The van der Waals surface area contributed by atoms with E-state index in [1.165, 1.54) is 64.2 Å². The summed E-state index contributed by atoms with van der Waals surface area (Å²) in [6.07, 6.45) is 13.0. The van der Waals surface area contributed by atoms with E-state index in [0.717, 1.165) is 5.57 Å². The zero-order valence-corrected chi connectivity index (χ0v) is 9.63. The summed E-state index contributed by atoms with van der Waals surface area (Å²) in [6, 6.07) is 0. The quantitative estimate of drug-likeness (QED) is 0.626. The van der Waals surface area contributed by atoms with E-state index in [9.17, 15) is 4.79 Å². The van der Waals surface area contributed by atoms with Gasteiger partial charge in [-0.25, -0.2) is 4.79 Å². The molecule has 0 saturated heterocycles. The van der Waals surface area contributed by atoms with Crippen LogP contribution in [-0.2, 0) is 4.79 Å². The molecule has 0 bridgehead atoms. The third-order valence-corrected chi connectivity index (χ3v) is 4.21. The molecule has 0 aromatic rings. The van der Waals surface area contributed by atoms with Crippen molar-refractivity contribution < 1.29 is 4.79 Å². The monoisotopic (exact) mass is 206 g/mol. The Hall–Kier alpha value is -0.550. The standard InChI is InChI=1S/C14H22O/c15-11-14(12-7-3-1-4-8-12)13-9-5-2-6-10-13/h12-13H,1-10H2. The van der Waals surface area contributed by atoms with Gasteiger partial charge in [-0.05, 0) is 37.5 Å². The van der Waals surface area contributed by atoms with Crippen molar-refractivity contribution in [3.63, 3.8) is 0 Å². The molecule has 1 nitrogen and oxygen atoms in total. The lowest BCUT2D eigenvalue weighted by atomic mass is 9.74. The number of rotatable bonds is 2. The molecule has 0 unspecified atom stereocenters. The van der Waals surface area contributed by atoms with Crippen LogP contribution in [0.15, 0.2) is 5.57 Å². The Labute approximate surface area is 92.9 Å². The molecule has 0 spiro atoms. The molecular weight excluding hydrogens is 184 g/mol. The van der Waals surface area contributed by atoms with Gasteiger partial charge in [0.15, 0.2) is 0 Å². The topological polar surface area (TPSA) is 17.1 Å². The number of carbonyl (C=O) groups excluding carboxylic acids is 1. The van der Waals surface area contributed by atoms with Crippen molar-refractivity contribution >= 4 is 5.94 Å². The first-order chi connectivity index (χ1) is 7.42. The molecule has 0 N–H and O–H groups in total. The maximum Gasteiger partial charge on any atom is 0.124 e. The van der Waals surface area contributed by atoms with Gasteiger partial charge < -0.3 is 0 Å². The average molecular weight is 206 g/mol. The summed E-state index contributed by atoms with van der Waals surface area (Å²) in [4.78, 5) is 11.1. The minimum absolute atomic E-state index is 0.597. The molecule has 2 fully saturated rings. The maximum atomic E-state index is 11.1. The highest BCUT2D eigenvalue weighted by atomic mass is 16.1. The second-order valence-corrected chi connectivity index (χ2v) is 5.23. The van der Waals surface area contributed by atoms with Gasteiger partial charge in [-0.2, -0.15) is 0 Å². The van der Waals surface area contributed by atoms with E-state index in [4.69, 9.17) is 0 Å². The Morgan fingerprint density at radius 1 is 0.733 bits per heavy atom. The van der Waals surface area contributed by atoms with Gasteiger partial charge in [0.25, 0.3) is 0 Å². The SMILES string of the molecule is O=C=C(C1CCCCC1)C1CCCCC1. The van der Waals surface area contributed by atoms with Gasteiger partial charge in [0.05, 0.1) is 0 Å². The number of allylic oxidation sites excluding steroid dienone is 1. The molecule has 2 aliphatic carbocycles. The van der Waals surface area contributed by atoms with Crippen molar-refractivity contribution in [2.45, 2.75) is 64.2 Å². The molecule has 15 heavy (non-hydrogen) atoms. The summed E-state index contributed by atoms with van der Waals surface area (Å²) in [5.41, 5.74) is 1.16. The largest absolute Gasteiger partial charge is 0.234 e. The molecule has 2 saturated carbocycles. The molecule has 2 aliphatic rings. The Balaban J connectivity index is 1.99. The molecule has 1 heteroatoms. The van der Waals surface area contributed by atoms with Gasteiger partial charge in [-0.1, -0.05) is 38.5 Å². The summed E-state index contributed by atoms with van der Waals surface area (Å²) in [5.74, 6) is 3.50. The Bertz CT molecular complexity index is 218. The second kappa shape index (κ2) is 5.51. The van der Waals surface area contributed by atoms with Gasteiger partial charge in [-0.15, -0.1) is 0 Å². The van der Waals surface area contributed by atoms with Crippen molar-refractivity contribution in [1.82, 2.24) is 0 Å². The van der Waals surface area contributed by atoms with Gasteiger partial charge in [0.2, 0.25) is 0 Å². The first kappa shape index (κ1) is 11.0. The molecule has 0 atom stereocenters. The van der Waals surface area contributed by atoms with Crippen LogP contribution in [-0.4, -0.2) is 5.94 Å². The van der Waals surface area contributed by atoms with Crippen molar-refractivity contribution in [1.29, 1.82) is 0 Å². The van der Waals surface area contributed by atoms with Crippen molar-refractivity contribution in [3.8, 4) is 0 Å². The van der Waals surface area contributed by atoms with E-state index in [2.05, 4.69) is 5.94 Å². The molecule has 2 rings (SSSR count). The summed E-state index contributed by atoms with van der Waals surface area (Å²) in [7, 11) is 0. The second-order valence-electron chi connectivity index (χ2n) is 5.23. The van der Waals surface area contributed by atoms with E-state index in [1.54, 1.807) is 0 Å². The lowest BCUT2D eigenvalue weighted by Gasteiger charge is -2.29. The lowest BCUT2D eigenvalue weighted by molar-refractivity contribution is 0.328. The van der Waals surface area contributed by atoms with E-state index >= 15 is 0 Å². The van der Waals surface area contributed by atoms with Crippen molar-refractivity contribution in [3.05, 3.63) is 5.57 Å². The van der Waals surface area contributed by atoms with Gasteiger partial charge in [-0.3, -0.25) is 0 Å². The molecular formula is C14H22O. The van der Waals surface area contributed by atoms with Crippen LogP contribution in [0.3, 0.4) is 0 Å². The smallest absolute Gasteiger partial charge is 0.124 e. The highest BCUT2D eigenvalue weighted by molar-refractivity contribution is 5.54. The van der Waals surface area contributed by atoms with E-state index in [1.807, 2.05) is 0 Å². The summed E-state index contributed by atoms with van der Waals surface area (Å²) >= 11 is 0. The molecule has 0 aromatic carbocycles. The lowest BCUT2D eigenvalue weighted by Crippen LogP contribution is -2.19. The molecule has 0 heterocycles. The Morgan fingerprint density at radius 2 is 1.13 bits per heavy atom. The predicted molar refractivity (Wildman–Crippen MR) is 62.4 cm³/mol. The first-order valence-electron chi connectivity index (χ1n) is 6.66. The Kier molecular flexibility index (Phi) is 4.02. The fraction of sp³-hybridized carbons (Fsp3) is 0.857. The summed E-state index contributed by atoms with van der Waals surface area (Å²) in [5, 5.41) is 0. The van der Waals surface area contributed by atoms with Gasteiger partial charge >= 0.3 is 0 Å². The Morgan fingerprint density at radius 3 is 1.47 bits per heavy atom. The van der Waals surface area contributed by atoms with Crippen LogP contribution in [0.4, 0.5) is 0 Å². The zero-order valence-electron chi connectivity index (χ0n) is 9.63. The van der Waals surface area contributed by atoms with Gasteiger partial charge in [0, 0.05) is 5.57 Å². The fourth-order valence-electron chi connectivity index (χ4n) is 3.33. The van der Waals surface area contributed by atoms with E-state index in [0.29, 0.717) is 11.8 Å². The molecule has 84 valence electrons. The predicted octanol–water partition coefficient (Wildman–Crippen LogP) is 3.91. The van der Waals surface area contributed by atoms with E-state index in [-0.39, 0.29) is 0 Å². The molecule has 0 aliphatic heterocycles.